The Hall–Kier alpha value is -3.06. The average molecular weight is 306 g/mol. The Morgan fingerprint density at radius 2 is 1.61 bits per heavy atom. The zero-order valence-corrected chi connectivity index (χ0v) is 12.9. The molecule has 0 bridgehead atoms. The third-order valence-electron chi connectivity index (χ3n) is 3.13. The van der Waals surface area contributed by atoms with E-state index in [9.17, 15) is 9.59 Å². The smallest absolute Gasteiger partial charge is 0.251 e. The number of benzene rings is 2. The zero-order chi connectivity index (χ0) is 16.5. The van der Waals surface area contributed by atoms with Crippen molar-refractivity contribution in [3.63, 3.8) is 0 Å². The first-order chi connectivity index (χ1) is 11.2. The number of carbonyl (C=O) groups excluding carboxylic acids is 2. The van der Waals surface area contributed by atoms with Crippen LogP contribution in [0.25, 0.3) is 0 Å². The number of carbonyl (C=O) groups is 2. The fraction of sp³-hybridized carbons (Fsp3) is 0.158. The van der Waals surface area contributed by atoms with Crippen molar-refractivity contribution in [2.24, 2.45) is 0 Å². The molecule has 0 fully saturated rings. The largest absolute Gasteiger partial charge is 0.343 e. The van der Waals surface area contributed by atoms with Crippen LogP contribution < -0.4 is 10.6 Å². The maximum absolute atomic E-state index is 12.0. The van der Waals surface area contributed by atoms with E-state index in [4.69, 9.17) is 0 Å². The van der Waals surface area contributed by atoms with Gasteiger partial charge in [0.1, 0.15) is 6.04 Å². The number of hydrogen-bond acceptors (Lipinski definition) is 2. The van der Waals surface area contributed by atoms with E-state index in [1.54, 1.807) is 31.2 Å². The van der Waals surface area contributed by atoms with Crippen molar-refractivity contribution < 1.29 is 9.59 Å². The lowest BCUT2D eigenvalue weighted by molar-refractivity contribution is -0.122. The maximum atomic E-state index is 12.0. The fourth-order valence-corrected chi connectivity index (χ4v) is 1.89. The van der Waals surface area contributed by atoms with Crippen molar-refractivity contribution >= 4 is 11.8 Å². The van der Waals surface area contributed by atoms with Gasteiger partial charge in [0.25, 0.3) is 5.91 Å². The average Bonchev–Trinajstić information content (AvgIpc) is 2.60. The molecule has 0 aliphatic carbocycles. The molecule has 0 aliphatic heterocycles. The topological polar surface area (TPSA) is 58.2 Å². The van der Waals surface area contributed by atoms with Gasteiger partial charge in [-0.2, -0.15) is 0 Å². The van der Waals surface area contributed by atoms with Gasteiger partial charge in [0.05, 0.1) is 6.54 Å². The highest BCUT2D eigenvalue weighted by Crippen LogP contribution is 1.99. The van der Waals surface area contributed by atoms with Crippen LogP contribution >= 0.6 is 0 Å². The van der Waals surface area contributed by atoms with Crippen molar-refractivity contribution in [2.45, 2.75) is 13.0 Å². The van der Waals surface area contributed by atoms with Crippen LogP contribution in [0.15, 0.2) is 60.7 Å². The van der Waals surface area contributed by atoms with E-state index in [1.165, 1.54) is 0 Å². The highest BCUT2D eigenvalue weighted by atomic mass is 16.2. The predicted molar refractivity (Wildman–Crippen MR) is 89.7 cm³/mol. The Morgan fingerprint density at radius 1 is 1.00 bits per heavy atom. The third-order valence-corrected chi connectivity index (χ3v) is 3.13. The van der Waals surface area contributed by atoms with Crippen LogP contribution in [0.2, 0.25) is 0 Å². The van der Waals surface area contributed by atoms with Gasteiger partial charge in [-0.1, -0.05) is 48.2 Å². The van der Waals surface area contributed by atoms with Gasteiger partial charge in [-0.15, -0.1) is 0 Å². The lowest BCUT2D eigenvalue weighted by Crippen LogP contribution is -2.44. The molecule has 4 nitrogen and oxygen atoms in total. The molecule has 0 saturated carbocycles. The summed E-state index contributed by atoms with van der Waals surface area (Å²) in [5.74, 6) is 5.29. The summed E-state index contributed by atoms with van der Waals surface area (Å²) in [7, 11) is 0. The Bertz CT molecular complexity index is 715. The van der Waals surface area contributed by atoms with Crippen molar-refractivity contribution in [3.05, 3.63) is 71.8 Å². The van der Waals surface area contributed by atoms with Crippen LogP contribution in [0.4, 0.5) is 0 Å². The van der Waals surface area contributed by atoms with E-state index in [2.05, 4.69) is 22.5 Å². The number of hydrogen-bond donors (Lipinski definition) is 2. The van der Waals surface area contributed by atoms with Gasteiger partial charge in [0.15, 0.2) is 0 Å². The van der Waals surface area contributed by atoms with Gasteiger partial charge in [0, 0.05) is 11.1 Å². The van der Waals surface area contributed by atoms with Crippen molar-refractivity contribution in [2.75, 3.05) is 6.54 Å². The van der Waals surface area contributed by atoms with Crippen LogP contribution in [0.5, 0.6) is 0 Å². The highest BCUT2D eigenvalue weighted by Gasteiger charge is 2.15. The minimum atomic E-state index is -0.624. The van der Waals surface area contributed by atoms with E-state index in [1.807, 2.05) is 36.4 Å². The molecule has 2 N–H and O–H groups in total. The normalized spacial score (nSPS) is 10.8. The molecule has 2 rings (SSSR count). The van der Waals surface area contributed by atoms with E-state index in [0.717, 1.165) is 5.56 Å². The molecule has 2 aromatic rings. The second kappa shape index (κ2) is 8.40. The lowest BCUT2D eigenvalue weighted by atomic mass is 10.2. The molecule has 0 spiro atoms. The summed E-state index contributed by atoms with van der Waals surface area (Å²) in [5.41, 5.74) is 1.42. The first-order valence-electron chi connectivity index (χ1n) is 7.34. The summed E-state index contributed by atoms with van der Waals surface area (Å²) < 4.78 is 0. The molecule has 0 heterocycles. The molecule has 0 saturated heterocycles. The molecule has 2 amide bonds. The monoisotopic (exact) mass is 306 g/mol. The van der Waals surface area contributed by atoms with Crippen LogP contribution in [0, 0.1) is 11.8 Å². The predicted octanol–water partition coefficient (Wildman–Crippen LogP) is 1.97. The molecule has 2 aromatic carbocycles. The molecular formula is C19H18N2O2. The minimum Gasteiger partial charge on any atom is -0.343 e. The SMILES string of the molecule is CC(NC(=O)c1ccccc1)C(=O)NCC#Cc1ccccc1. The second-order valence-electron chi connectivity index (χ2n) is 4.95. The van der Waals surface area contributed by atoms with E-state index >= 15 is 0 Å². The summed E-state index contributed by atoms with van der Waals surface area (Å²) >= 11 is 0. The van der Waals surface area contributed by atoms with Crippen molar-refractivity contribution in [3.8, 4) is 11.8 Å². The summed E-state index contributed by atoms with van der Waals surface area (Å²) in [6.45, 7) is 1.88. The van der Waals surface area contributed by atoms with Crippen molar-refractivity contribution in [1.29, 1.82) is 0 Å². The lowest BCUT2D eigenvalue weighted by Gasteiger charge is -2.12. The van der Waals surface area contributed by atoms with Gasteiger partial charge in [-0.25, -0.2) is 0 Å². The van der Waals surface area contributed by atoms with Crippen LogP contribution in [-0.2, 0) is 4.79 Å². The summed E-state index contributed by atoms with van der Waals surface area (Å²) in [6.07, 6.45) is 0. The van der Waals surface area contributed by atoms with Crippen LogP contribution in [0.1, 0.15) is 22.8 Å². The van der Waals surface area contributed by atoms with E-state index in [-0.39, 0.29) is 18.4 Å². The zero-order valence-electron chi connectivity index (χ0n) is 12.9. The molecule has 1 unspecified atom stereocenters. The van der Waals surface area contributed by atoms with Gasteiger partial charge in [-0.05, 0) is 31.2 Å². The van der Waals surface area contributed by atoms with E-state index in [0.29, 0.717) is 5.56 Å². The van der Waals surface area contributed by atoms with Crippen molar-refractivity contribution in [1.82, 2.24) is 10.6 Å². The summed E-state index contributed by atoms with van der Waals surface area (Å²) in [4.78, 5) is 23.9. The van der Waals surface area contributed by atoms with Gasteiger partial charge in [0.2, 0.25) is 5.91 Å². The first kappa shape index (κ1) is 16.3. The Morgan fingerprint density at radius 3 is 2.26 bits per heavy atom. The molecule has 116 valence electrons. The molecule has 0 radical (unpaired) electrons. The number of rotatable bonds is 4. The molecule has 4 heteroatoms. The Balaban J connectivity index is 1.79. The van der Waals surface area contributed by atoms with Crippen LogP contribution in [0.3, 0.4) is 0 Å². The molecule has 0 aromatic heterocycles. The van der Waals surface area contributed by atoms with E-state index < -0.39 is 6.04 Å². The Labute approximate surface area is 135 Å². The fourth-order valence-electron chi connectivity index (χ4n) is 1.89. The Kier molecular flexibility index (Phi) is 5.96. The summed E-state index contributed by atoms with van der Waals surface area (Å²) in [6, 6.07) is 17.7. The van der Waals surface area contributed by atoms with Gasteiger partial charge >= 0.3 is 0 Å². The molecule has 23 heavy (non-hydrogen) atoms. The second-order valence-corrected chi connectivity index (χ2v) is 4.95. The number of amides is 2. The maximum Gasteiger partial charge on any atom is 0.251 e. The van der Waals surface area contributed by atoms with Gasteiger partial charge < -0.3 is 10.6 Å². The first-order valence-corrected chi connectivity index (χ1v) is 7.34. The highest BCUT2D eigenvalue weighted by molar-refractivity contribution is 5.97. The standard InChI is InChI=1S/C19H18N2O2/c1-15(21-19(23)17-12-6-3-7-13-17)18(22)20-14-8-11-16-9-4-2-5-10-16/h2-7,9-10,12-13,15H,14H2,1H3,(H,20,22)(H,21,23). The molecular weight excluding hydrogens is 288 g/mol. The third kappa shape index (κ3) is 5.33. The molecule has 0 aliphatic rings. The quantitative estimate of drug-likeness (QED) is 0.849. The minimum absolute atomic E-state index is 0.235. The molecule has 1 atom stereocenters. The van der Waals surface area contributed by atoms with Crippen LogP contribution in [-0.4, -0.2) is 24.4 Å². The summed E-state index contributed by atoms with van der Waals surface area (Å²) in [5, 5.41) is 5.34. The van der Waals surface area contributed by atoms with Gasteiger partial charge in [-0.3, -0.25) is 9.59 Å². The number of nitrogens with one attached hydrogen (secondary N) is 2.